The third kappa shape index (κ3) is 5.14. The van der Waals surface area contributed by atoms with Gasteiger partial charge in [0.15, 0.2) is 15.5 Å². The van der Waals surface area contributed by atoms with E-state index in [1.54, 1.807) is 24.1 Å². The molecule has 2 aliphatic heterocycles. The lowest BCUT2D eigenvalue weighted by Gasteiger charge is -2.47. The summed E-state index contributed by atoms with van der Waals surface area (Å²) in [4.78, 5) is 17.5. The number of nitrogens with zero attached hydrogens (tertiary/aromatic N) is 5. The van der Waals surface area contributed by atoms with Crippen molar-refractivity contribution < 1.29 is 17.9 Å². The number of fused-ring (bicyclic) bond motifs is 1. The Balaban J connectivity index is 1.43. The summed E-state index contributed by atoms with van der Waals surface area (Å²) in [5.74, 6) is 1.96. The van der Waals surface area contributed by atoms with E-state index in [9.17, 15) is 17.9 Å². The number of aliphatic hydroxyl groups excluding tert-OH is 1. The van der Waals surface area contributed by atoms with Crippen molar-refractivity contribution in [1.29, 1.82) is 0 Å². The number of pyridine rings is 1. The smallest absolute Gasteiger partial charge is 0.227 e. The highest BCUT2D eigenvalue weighted by atomic mass is 32.2. The second kappa shape index (κ2) is 10.2. The van der Waals surface area contributed by atoms with Crippen molar-refractivity contribution in [3.63, 3.8) is 0 Å². The van der Waals surface area contributed by atoms with Crippen molar-refractivity contribution in [2.45, 2.75) is 70.0 Å². The molecule has 2 N–H and O–H groups in total. The van der Waals surface area contributed by atoms with Gasteiger partial charge in [0.1, 0.15) is 11.6 Å². The molecular formula is C28H37FN6O3S. The molecule has 0 radical (unpaired) electrons. The number of anilines is 4. The third-order valence-corrected chi connectivity index (χ3v) is 10.4. The first-order valence-corrected chi connectivity index (χ1v) is 15.3. The van der Waals surface area contributed by atoms with Crippen LogP contribution in [0.1, 0.15) is 52.5 Å². The van der Waals surface area contributed by atoms with E-state index in [2.05, 4.69) is 51.1 Å². The maximum Gasteiger partial charge on any atom is 0.227 e. The van der Waals surface area contributed by atoms with E-state index in [0.717, 1.165) is 16.5 Å². The Morgan fingerprint density at radius 1 is 1.21 bits per heavy atom. The van der Waals surface area contributed by atoms with Crippen LogP contribution >= 0.6 is 0 Å². The minimum atomic E-state index is -3.10. The molecule has 2 aromatic heterocycles. The van der Waals surface area contributed by atoms with Gasteiger partial charge in [0, 0.05) is 48.4 Å². The number of sulfone groups is 1. The van der Waals surface area contributed by atoms with Crippen LogP contribution in [0, 0.1) is 0 Å². The van der Waals surface area contributed by atoms with Crippen LogP contribution in [0.25, 0.3) is 10.8 Å². The largest absolute Gasteiger partial charge is 0.390 e. The van der Waals surface area contributed by atoms with Crippen LogP contribution in [0.2, 0.25) is 0 Å². The summed E-state index contributed by atoms with van der Waals surface area (Å²) in [5.41, 5.74) is 0.418. The molecule has 0 saturated carbocycles. The monoisotopic (exact) mass is 556 g/mol. The summed E-state index contributed by atoms with van der Waals surface area (Å²) in [6.07, 6.45) is 2.76. The molecule has 2 fully saturated rings. The predicted molar refractivity (Wildman–Crippen MR) is 154 cm³/mol. The molecule has 0 spiro atoms. The zero-order valence-electron chi connectivity index (χ0n) is 23.1. The molecule has 2 aliphatic rings. The second-order valence-corrected chi connectivity index (χ2v) is 13.7. The van der Waals surface area contributed by atoms with Crippen LogP contribution in [-0.4, -0.2) is 76.9 Å². The topological polar surface area (TPSA) is 112 Å². The number of aliphatic hydroxyl groups is 1. The van der Waals surface area contributed by atoms with Crippen LogP contribution in [0.3, 0.4) is 0 Å². The molecule has 9 nitrogen and oxygen atoms in total. The van der Waals surface area contributed by atoms with Gasteiger partial charge in [-0.2, -0.15) is 4.98 Å². The number of hydrogen-bond donors (Lipinski definition) is 2. The normalized spacial score (nSPS) is 25.7. The van der Waals surface area contributed by atoms with Crippen molar-refractivity contribution in [3.05, 3.63) is 42.2 Å². The number of hydrogen-bond acceptors (Lipinski definition) is 9. The van der Waals surface area contributed by atoms with Crippen molar-refractivity contribution in [2.75, 3.05) is 40.5 Å². The quantitative estimate of drug-likeness (QED) is 0.442. The van der Waals surface area contributed by atoms with Gasteiger partial charge < -0.3 is 20.2 Å². The van der Waals surface area contributed by atoms with Gasteiger partial charge in [-0.25, -0.2) is 22.8 Å². The molecule has 0 bridgehead atoms. The lowest BCUT2D eigenvalue weighted by atomic mass is 9.93. The highest BCUT2D eigenvalue weighted by molar-refractivity contribution is 7.92. The van der Waals surface area contributed by atoms with Crippen LogP contribution < -0.4 is 15.1 Å². The Morgan fingerprint density at radius 2 is 1.97 bits per heavy atom. The molecule has 0 unspecified atom stereocenters. The van der Waals surface area contributed by atoms with Gasteiger partial charge in [-0.15, -0.1) is 0 Å². The number of rotatable bonds is 7. The van der Waals surface area contributed by atoms with E-state index >= 15 is 0 Å². The minimum absolute atomic E-state index is 0.0156. The number of piperidine rings is 1. The minimum Gasteiger partial charge on any atom is -0.390 e. The first kappa shape index (κ1) is 27.5. The summed E-state index contributed by atoms with van der Waals surface area (Å²) >= 11 is 0. The SMILES string of the molecule is CCS(=O)(=O)[C@H]1CN(c2ccc(C(C)C)c3cc(Nc4ccnc(N5CC[C@@H](O)[C@@](C)(F)C5)n4)ncc23)[C@@H]1C. The molecule has 11 heteroatoms. The zero-order chi connectivity index (χ0) is 28.1. The van der Waals surface area contributed by atoms with Gasteiger partial charge in [0.05, 0.1) is 17.9 Å². The van der Waals surface area contributed by atoms with Crippen LogP contribution in [-0.2, 0) is 9.84 Å². The number of alkyl halides is 1. The van der Waals surface area contributed by atoms with E-state index in [1.807, 2.05) is 19.2 Å². The standard InChI is InChI=1S/C28H37FN6O3S/c1-6-39(37,38)23-15-35(18(23)4)22-8-7-19(17(2)3)20-13-26(31-14-21(20)22)32-25-9-11-30-27(33-25)34-12-10-24(36)28(5,29)16-34/h7-9,11,13-14,17-18,23-24,36H,6,10,12,15-16H2,1-5H3,(H,30,31,32,33)/t18-,23+,24-,28+/m1/s1. The highest BCUT2D eigenvalue weighted by Crippen LogP contribution is 2.39. The molecule has 210 valence electrons. The van der Waals surface area contributed by atoms with Crippen molar-refractivity contribution in [1.82, 2.24) is 15.0 Å². The summed E-state index contributed by atoms with van der Waals surface area (Å²) in [6, 6.07) is 7.81. The van der Waals surface area contributed by atoms with E-state index < -0.39 is 21.6 Å². The fraction of sp³-hybridized carbons (Fsp3) is 0.536. The average Bonchev–Trinajstić information content (AvgIpc) is 2.89. The fourth-order valence-electron chi connectivity index (χ4n) is 5.60. The fourth-order valence-corrected chi connectivity index (χ4v) is 7.16. The van der Waals surface area contributed by atoms with E-state index in [4.69, 9.17) is 0 Å². The van der Waals surface area contributed by atoms with Crippen molar-refractivity contribution in [3.8, 4) is 0 Å². The summed E-state index contributed by atoms with van der Waals surface area (Å²) in [7, 11) is -3.10. The van der Waals surface area contributed by atoms with Crippen molar-refractivity contribution in [2.24, 2.45) is 0 Å². The Bertz CT molecular complexity index is 1480. The molecular weight excluding hydrogens is 519 g/mol. The number of benzene rings is 1. The van der Waals surface area contributed by atoms with Gasteiger partial charge in [0.25, 0.3) is 0 Å². The van der Waals surface area contributed by atoms with Gasteiger partial charge in [-0.1, -0.05) is 26.8 Å². The lowest BCUT2D eigenvalue weighted by molar-refractivity contribution is -0.00860. The molecule has 2 saturated heterocycles. The van der Waals surface area contributed by atoms with Gasteiger partial charge in [0.2, 0.25) is 5.95 Å². The first-order chi connectivity index (χ1) is 18.4. The van der Waals surface area contributed by atoms with Crippen LogP contribution in [0.15, 0.2) is 36.7 Å². The maximum atomic E-state index is 14.7. The Kier molecular flexibility index (Phi) is 7.17. The highest BCUT2D eigenvalue weighted by Gasteiger charge is 2.44. The molecule has 1 aromatic carbocycles. The third-order valence-electron chi connectivity index (χ3n) is 8.16. The van der Waals surface area contributed by atoms with Gasteiger partial charge >= 0.3 is 0 Å². The predicted octanol–water partition coefficient (Wildman–Crippen LogP) is 4.20. The molecule has 4 atom stereocenters. The van der Waals surface area contributed by atoms with Crippen molar-refractivity contribution >= 4 is 43.9 Å². The summed E-state index contributed by atoms with van der Waals surface area (Å²) in [5, 5.41) is 14.9. The molecule has 3 aromatic rings. The maximum absolute atomic E-state index is 14.7. The Morgan fingerprint density at radius 3 is 2.64 bits per heavy atom. The van der Waals surface area contributed by atoms with Crippen LogP contribution in [0.5, 0.6) is 0 Å². The van der Waals surface area contributed by atoms with E-state index in [1.165, 1.54) is 12.5 Å². The molecule has 5 rings (SSSR count). The number of nitrogens with one attached hydrogen (secondary N) is 1. The molecule has 39 heavy (non-hydrogen) atoms. The average molecular weight is 557 g/mol. The lowest BCUT2D eigenvalue weighted by Crippen LogP contribution is -2.62. The molecule has 0 amide bonds. The first-order valence-electron chi connectivity index (χ1n) is 13.5. The van der Waals surface area contributed by atoms with Gasteiger partial charge in [-0.05, 0) is 55.3 Å². The summed E-state index contributed by atoms with van der Waals surface area (Å²) in [6.45, 7) is 10.3. The molecule has 4 heterocycles. The van der Waals surface area contributed by atoms with Gasteiger partial charge in [-0.3, -0.25) is 0 Å². The number of halogens is 1. The van der Waals surface area contributed by atoms with E-state index in [0.29, 0.717) is 37.1 Å². The summed E-state index contributed by atoms with van der Waals surface area (Å²) < 4.78 is 39.7. The Hall–Kier alpha value is -3.05. The molecule has 0 aliphatic carbocycles. The number of aromatic nitrogens is 3. The zero-order valence-corrected chi connectivity index (χ0v) is 23.9. The van der Waals surface area contributed by atoms with Crippen LogP contribution in [0.4, 0.5) is 27.7 Å². The Labute approximate surface area is 229 Å². The second-order valence-electron chi connectivity index (χ2n) is 11.2. The van der Waals surface area contributed by atoms with E-state index in [-0.39, 0.29) is 29.5 Å².